The van der Waals surface area contributed by atoms with Crippen LogP contribution in [-0.2, 0) is 13.0 Å². The molecule has 7 heteroatoms. The number of rotatable bonds is 7. The van der Waals surface area contributed by atoms with E-state index in [0.717, 1.165) is 10.7 Å². The van der Waals surface area contributed by atoms with E-state index < -0.39 is 17.7 Å². The first-order chi connectivity index (χ1) is 13.4. The Hall–Kier alpha value is -2.80. The van der Waals surface area contributed by atoms with E-state index in [2.05, 4.69) is 10.3 Å². The fraction of sp³-hybridized carbons (Fsp3) is 0.238. The molecule has 0 radical (unpaired) electrons. The van der Waals surface area contributed by atoms with Gasteiger partial charge in [0, 0.05) is 22.5 Å². The van der Waals surface area contributed by atoms with Crippen molar-refractivity contribution in [2.24, 2.45) is 0 Å². The summed E-state index contributed by atoms with van der Waals surface area (Å²) in [5.74, 6) is -0.912. The van der Waals surface area contributed by atoms with Crippen LogP contribution in [0.25, 0.3) is 0 Å². The molecule has 0 bridgehead atoms. The molecule has 0 saturated heterocycles. The Bertz CT molecular complexity index is 937. The van der Waals surface area contributed by atoms with Crippen molar-refractivity contribution in [2.45, 2.75) is 32.9 Å². The van der Waals surface area contributed by atoms with E-state index in [9.17, 15) is 13.6 Å². The maximum atomic E-state index is 13.7. The number of carbonyl (C=O) groups is 1. The summed E-state index contributed by atoms with van der Waals surface area (Å²) in [5.41, 5.74) is 1.27. The van der Waals surface area contributed by atoms with Crippen LogP contribution in [0.15, 0.2) is 47.8 Å². The minimum Gasteiger partial charge on any atom is -0.487 e. The van der Waals surface area contributed by atoms with Crippen molar-refractivity contribution in [3.8, 4) is 5.75 Å². The Labute approximate surface area is 166 Å². The minimum atomic E-state index is -0.613. The van der Waals surface area contributed by atoms with Crippen LogP contribution in [0.2, 0.25) is 0 Å². The van der Waals surface area contributed by atoms with Crippen molar-refractivity contribution in [1.29, 1.82) is 0 Å². The average molecular weight is 402 g/mol. The lowest BCUT2D eigenvalue weighted by atomic mass is 10.1. The van der Waals surface area contributed by atoms with Crippen molar-refractivity contribution in [1.82, 2.24) is 10.3 Å². The van der Waals surface area contributed by atoms with Crippen LogP contribution >= 0.6 is 11.3 Å². The third kappa shape index (κ3) is 5.13. The molecular formula is C21H20F2N2O2S. The van der Waals surface area contributed by atoms with Gasteiger partial charge >= 0.3 is 0 Å². The molecule has 0 aliphatic carbocycles. The topological polar surface area (TPSA) is 51.2 Å². The van der Waals surface area contributed by atoms with Gasteiger partial charge in [-0.25, -0.2) is 13.8 Å². The molecule has 0 spiro atoms. The van der Waals surface area contributed by atoms with Gasteiger partial charge in [0.1, 0.15) is 24.0 Å². The molecule has 3 rings (SSSR count). The van der Waals surface area contributed by atoms with Gasteiger partial charge in [0.05, 0.1) is 10.7 Å². The normalized spacial score (nSPS) is 11.9. The molecule has 1 heterocycles. The Morgan fingerprint density at radius 2 is 1.86 bits per heavy atom. The fourth-order valence-corrected chi connectivity index (χ4v) is 3.32. The average Bonchev–Trinajstić information content (AvgIpc) is 3.09. The third-order valence-electron chi connectivity index (χ3n) is 4.12. The number of nitrogens with one attached hydrogen (secondary N) is 1. The van der Waals surface area contributed by atoms with Crippen LogP contribution in [0.4, 0.5) is 8.78 Å². The lowest BCUT2D eigenvalue weighted by Crippen LogP contribution is -2.34. The zero-order valence-corrected chi connectivity index (χ0v) is 16.4. The number of aryl methyl sites for hydroxylation is 1. The molecule has 0 unspecified atom stereocenters. The van der Waals surface area contributed by atoms with Crippen molar-refractivity contribution in [3.63, 3.8) is 0 Å². The molecule has 1 amide bonds. The summed E-state index contributed by atoms with van der Waals surface area (Å²) in [7, 11) is 0. The van der Waals surface area contributed by atoms with Gasteiger partial charge in [0.25, 0.3) is 5.91 Å². The predicted molar refractivity (Wildman–Crippen MR) is 105 cm³/mol. The second-order valence-electron chi connectivity index (χ2n) is 6.45. The molecule has 1 N–H and O–H groups in total. The summed E-state index contributed by atoms with van der Waals surface area (Å²) in [6.45, 7) is 4.00. The molecule has 4 nitrogen and oxygen atoms in total. The van der Waals surface area contributed by atoms with Gasteiger partial charge in [-0.05, 0) is 56.7 Å². The Balaban J connectivity index is 1.55. The van der Waals surface area contributed by atoms with Gasteiger partial charge in [-0.3, -0.25) is 4.79 Å². The molecule has 1 atom stereocenters. The number of hydrogen-bond acceptors (Lipinski definition) is 4. The fourth-order valence-electron chi connectivity index (χ4n) is 2.73. The van der Waals surface area contributed by atoms with E-state index in [4.69, 9.17) is 4.74 Å². The monoisotopic (exact) mass is 402 g/mol. The molecule has 0 fully saturated rings. The van der Waals surface area contributed by atoms with Gasteiger partial charge in [0.2, 0.25) is 0 Å². The second kappa shape index (κ2) is 8.93. The lowest BCUT2D eigenvalue weighted by Gasteiger charge is -2.15. The number of ether oxygens (including phenoxy) is 1. The van der Waals surface area contributed by atoms with E-state index in [1.165, 1.54) is 18.2 Å². The van der Waals surface area contributed by atoms with E-state index in [0.29, 0.717) is 17.9 Å². The molecular weight excluding hydrogens is 382 g/mol. The first-order valence-corrected chi connectivity index (χ1v) is 9.68. The molecule has 0 aliphatic rings. The van der Waals surface area contributed by atoms with Crippen molar-refractivity contribution in [2.75, 3.05) is 0 Å². The summed E-state index contributed by atoms with van der Waals surface area (Å²) < 4.78 is 33.1. The number of carbonyl (C=O) groups excluding carboxylic acids is 1. The Kier molecular flexibility index (Phi) is 6.36. The van der Waals surface area contributed by atoms with Crippen molar-refractivity contribution >= 4 is 17.2 Å². The summed E-state index contributed by atoms with van der Waals surface area (Å²) in [5, 5.41) is 5.68. The van der Waals surface area contributed by atoms with Gasteiger partial charge in [0.15, 0.2) is 0 Å². The molecule has 3 aromatic rings. The van der Waals surface area contributed by atoms with Gasteiger partial charge in [-0.2, -0.15) is 0 Å². The van der Waals surface area contributed by atoms with E-state index in [-0.39, 0.29) is 17.9 Å². The van der Waals surface area contributed by atoms with Crippen LogP contribution in [0, 0.1) is 18.6 Å². The van der Waals surface area contributed by atoms with Crippen LogP contribution in [0.1, 0.15) is 33.5 Å². The Morgan fingerprint density at radius 1 is 1.18 bits per heavy atom. The highest BCUT2D eigenvalue weighted by Gasteiger charge is 2.15. The minimum absolute atomic E-state index is 0.0312. The number of thiazole rings is 1. The summed E-state index contributed by atoms with van der Waals surface area (Å²) >= 11 is 1.56. The zero-order valence-electron chi connectivity index (χ0n) is 15.5. The summed E-state index contributed by atoms with van der Waals surface area (Å²) in [6.07, 6.45) is 0.0680. The quantitative estimate of drug-likeness (QED) is 0.625. The molecule has 28 heavy (non-hydrogen) atoms. The number of nitrogens with zero attached hydrogens (tertiary/aromatic N) is 1. The van der Waals surface area contributed by atoms with Crippen LogP contribution in [0.5, 0.6) is 5.75 Å². The van der Waals surface area contributed by atoms with Gasteiger partial charge in [-0.1, -0.05) is 6.07 Å². The maximum Gasteiger partial charge on any atom is 0.251 e. The van der Waals surface area contributed by atoms with Crippen LogP contribution in [-0.4, -0.2) is 16.9 Å². The number of aromatic nitrogens is 1. The molecule has 0 aliphatic heterocycles. The highest BCUT2D eigenvalue weighted by atomic mass is 32.1. The zero-order chi connectivity index (χ0) is 20.1. The highest BCUT2D eigenvalue weighted by molar-refractivity contribution is 7.09. The van der Waals surface area contributed by atoms with E-state index in [1.807, 2.05) is 12.3 Å². The number of hydrogen-bond donors (Lipinski definition) is 1. The summed E-state index contributed by atoms with van der Waals surface area (Å²) in [6, 6.07) is 10.0. The largest absolute Gasteiger partial charge is 0.487 e. The standard InChI is InChI=1S/C21H20F2N2O2S/c1-13(10-18-19(22)4-3-5-20(18)23)24-21(26)15-6-8-17(9-7-15)27-11-16-12-28-14(2)25-16/h3-9,12-13H,10-11H2,1-2H3,(H,24,26)/t13-/m0/s1. The number of benzene rings is 2. The summed E-state index contributed by atoms with van der Waals surface area (Å²) in [4.78, 5) is 16.7. The van der Waals surface area contributed by atoms with Gasteiger partial charge in [-0.15, -0.1) is 11.3 Å². The molecule has 1 aromatic heterocycles. The van der Waals surface area contributed by atoms with E-state index >= 15 is 0 Å². The van der Waals surface area contributed by atoms with E-state index in [1.54, 1.807) is 42.5 Å². The maximum absolute atomic E-state index is 13.7. The number of halogens is 2. The molecule has 146 valence electrons. The van der Waals surface area contributed by atoms with Crippen LogP contribution < -0.4 is 10.1 Å². The third-order valence-corrected chi connectivity index (χ3v) is 4.94. The Morgan fingerprint density at radius 3 is 2.46 bits per heavy atom. The predicted octanol–water partition coefficient (Wildman–Crippen LogP) is 4.67. The SMILES string of the molecule is Cc1nc(COc2ccc(C(=O)N[C@@H](C)Cc3c(F)cccc3F)cc2)cs1. The molecule has 0 saturated carbocycles. The number of amides is 1. The first kappa shape index (κ1) is 19.9. The van der Waals surface area contributed by atoms with Crippen LogP contribution in [0.3, 0.4) is 0 Å². The lowest BCUT2D eigenvalue weighted by molar-refractivity contribution is 0.0939. The first-order valence-electron chi connectivity index (χ1n) is 8.80. The van der Waals surface area contributed by atoms with Gasteiger partial charge < -0.3 is 10.1 Å². The molecule has 2 aromatic carbocycles. The highest BCUT2D eigenvalue weighted by Crippen LogP contribution is 2.17. The van der Waals surface area contributed by atoms with Crippen molar-refractivity contribution in [3.05, 3.63) is 81.3 Å². The van der Waals surface area contributed by atoms with Crippen molar-refractivity contribution < 1.29 is 18.3 Å². The second-order valence-corrected chi connectivity index (χ2v) is 7.51. The smallest absolute Gasteiger partial charge is 0.251 e.